The average Bonchev–Trinajstić information content (AvgIpc) is 3.18. The molecule has 2 N–H and O–H groups in total. The van der Waals surface area contributed by atoms with Gasteiger partial charge in [0.1, 0.15) is 25.8 Å². The highest BCUT2D eigenvalue weighted by Gasteiger charge is 2.18. The molecule has 0 saturated carbocycles. The zero-order valence-electron chi connectivity index (χ0n) is 16.0. The number of ether oxygens (including phenoxy) is 2. The number of aliphatic hydroxyl groups is 1. The SMILES string of the molecule is O=C(Oc1ccc(-c2cc(=S)ss2)cc1)c1ccccc1OC(O)CCCO[N+](=O)O. The van der Waals surface area contributed by atoms with E-state index in [1.165, 1.54) is 22.5 Å². The fourth-order valence-corrected chi connectivity index (χ4v) is 4.97. The number of esters is 1. The Hall–Kier alpha value is -2.86. The van der Waals surface area contributed by atoms with Crippen molar-refractivity contribution in [3.63, 3.8) is 0 Å². The molecule has 0 aliphatic carbocycles. The van der Waals surface area contributed by atoms with Crippen molar-refractivity contribution in [2.75, 3.05) is 6.61 Å². The molecule has 2 aromatic carbocycles. The Morgan fingerprint density at radius 2 is 1.87 bits per heavy atom. The first-order valence-electron chi connectivity index (χ1n) is 9.08. The monoisotopic (exact) mass is 480 g/mol. The summed E-state index contributed by atoms with van der Waals surface area (Å²) in [5, 5.41) is 17.7. The van der Waals surface area contributed by atoms with E-state index in [4.69, 9.17) is 26.9 Å². The second kappa shape index (κ2) is 11.0. The standard InChI is InChI=1S/C20H18NO7S3/c22-18(6-3-11-26-21(24)25)28-16-5-2-1-4-15(16)20(23)27-14-9-7-13(8-10-14)17-12-19(29)31-30-17/h1-2,4-5,7-10,12,18,22H,3,6,11H2,(H,24,25)/q+1. The second-order valence-electron chi connectivity index (χ2n) is 6.19. The molecule has 0 radical (unpaired) electrons. The second-order valence-corrected chi connectivity index (χ2v) is 9.10. The minimum atomic E-state index is -1.24. The molecule has 162 valence electrons. The third kappa shape index (κ3) is 6.82. The van der Waals surface area contributed by atoms with E-state index in [0.717, 1.165) is 14.3 Å². The first kappa shape index (κ1) is 22.8. The van der Waals surface area contributed by atoms with E-state index in [0.29, 0.717) is 5.75 Å². The van der Waals surface area contributed by atoms with Gasteiger partial charge in [0, 0.05) is 11.3 Å². The van der Waals surface area contributed by atoms with E-state index >= 15 is 0 Å². The lowest BCUT2D eigenvalue weighted by molar-refractivity contribution is -0.975. The van der Waals surface area contributed by atoms with E-state index < -0.39 is 17.3 Å². The molecule has 31 heavy (non-hydrogen) atoms. The highest BCUT2D eigenvalue weighted by molar-refractivity contribution is 7.80. The minimum Gasteiger partial charge on any atom is -0.464 e. The fraction of sp³-hybridized carbons (Fsp3) is 0.200. The van der Waals surface area contributed by atoms with Crippen molar-refractivity contribution in [2.45, 2.75) is 19.1 Å². The molecular weight excluding hydrogens is 462 g/mol. The van der Waals surface area contributed by atoms with Gasteiger partial charge < -0.3 is 14.6 Å². The van der Waals surface area contributed by atoms with Crippen LogP contribution in [0.3, 0.4) is 0 Å². The summed E-state index contributed by atoms with van der Waals surface area (Å²) < 4.78 is 11.7. The quantitative estimate of drug-likeness (QED) is 0.0794. The van der Waals surface area contributed by atoms with Crippen molar-refractivity contribution in [3.05, 3.63) is 68.9 Å². The maximum atomic E-state index is 12.6. The minimum absolute atomic E-state index is 0.0972. The van der Waals surface area contributed by atoms with Crippen LogP contribution < -0.4 is 9.47 Å². The van der Waals surface area contributed by atoms with Gasteiger partial charge in [0.15, 0.2) is 12.9 Å². The van der Waals surface area contributed by atoms with Gasteiger partial charge in [-0.3, -0.25) is 0 Å². The van der Waals surface area contributed by atoms with Gasteiger partial charge in [-0.1, -0.05) is 45.0 Å². The summed E-state index contributed by atoms with van der Waals surface area (Å²) in [4.78, 5) is 28.2. The molecule has 0 amide bonds. The Bertz CT molecular complexity index is 1090. The van der Waals surface area contributed by atoms with Crippen LogP contribution in [0.1, 0.15) is 23.2 Å². The molecule has 1 atom stereocenters. The summed E-state index contributed by atoms with van der Waals surface area (Å²) in [6, 6.07) is 15.4. The lowest BCUT2D eigenvalue weighted by Crippen LogP contribution is -2.19. The topological polar surface area (TPSA) is 105 Å². The first-order valence-corrected chi connectivity index (χ1v) is 11.6. The van der Waals surface area contributed by atoms with Crippen LogP contribution in [0.2, 0.25) is 0 Å². The Morgan fingerprint density at radius 1 is 1.13 bits per heavy atom. The van der Waals surface area contributed by atoms with Gasteiger partial charge in [-0.25, -0.2) is 10.0 Å². The number of para-hydroxylation sites is 1. The predicted molar refractivity (Wildman–Crippen MR) is 117 cm³/mol. The summed E-state index contributed by atoms with van der Waals surface area (Å²) in [5.74, 6) is -0.109. The maximum Gasteiger partial charge on any atom is 0.475 e. The third-order valence-corrected chi connectivity index (χ3v) is 6.89. The first-order chi connectivity index (χ1) is 14.9. The maximum absolute atomic E-state index is 12.6. The molecule has 1 aromatic heterocycles. The lowest BCUT2D eigenvalue weighted by Gasteiger charge is -2.15. The summed E-state index contributed by atoms with van der Waals surface area (Å²) in [6.45, 7) is -0.0972. The molecule has 0 fully saturated rings. The molecule has 0 spiro atoms. The zero-order chi connectivity index (χ0) is 22.2. The molecule has 3 rings (SSSR count). The van der Waals surface area contributed by atoms with Crippen molar-refractivity contribution in [1.29, 1.82) is 0 Å². The van der Waals surface area contributed by atoms with Gasteiger partial charge in [-0.15, -0.1) is 0 Å². The van der Waals surface area contributed by atoms with Crippen LogP contribution in [-0.2, 0) is 4.84 Å². The van der Waals surface area contributed by atoms with Crippen LogP contribution in [0.15, 0.2) is 54.6 Å². The van der Waals surface area contributed by atoms with Crippen LogP contribution in [0, 0.1) is 8.73 Å². The van der Waals surface area contributed by atoms with Gasteiger partial charge in [0.2, 0.25) is 0 Å². The normalized spacial score (nSPS) is 11.5. The smallest absolute Gasteiger partial charge is 0.464 e. The molecule has 3 aromatic rings. The number of rotatable bonds is 10. The summed E-state index contributed by atoms with van der Waals surface area (Å²) in [6.07, 6.45) is -0.872. The molecule has 0 aliphatic rings. The molecular formula is C20H18NO7S3+. The van der Waals surface area contributed by atoms with E-state index in [2.05, 4.69) is 4.84 Å². The number of carbonyl (C=O) groups excluding carboxylic acids is 1. The predicted octanol–water partition coefficient (Wildman–Crippen LogP) is 5.00. The van der Waals surface area contributed by atoms with Crippen LogP contribution in [-0.4, -0.2) is 34.3 Å². The van der Waals surface area contributed by atoms with Crippen LogP contribution in [0.25, 0.3) is 10.4 Å². The number of nitrogens with zero attached hydrogens (tertiary/aromatic N) is 1. The van der Waals surface area contributed by atoms with E-state index in [-0.39, 0.29) is 30.8 Å². The van der Waals surface area contributed by atoms with Gasteiger partial charge in [0.05, 0.1) is 0 Å². The number of hydrogen-bond acceptors (Lipinski definition) is 9. The molecule has 0 bridgehead atoms. The Kier molecular flexibility index (Phi) is 8.06. The summed E-state index contributed by atoms with van der Waals surface area (Å²) in [7, 11) is 3.11. The summed E-state index contributed by atoms with van der Waals surface area (Å²) in [5.41, 5.74) is 1.13. The molecule has 0 aliphatic heterocycles. The number of aliphatic hydroxyl groups excluding tert-OH is 1. The van der Waals surface area contributed by atoms with Crippen molar-refractivity contribution in [2.24, 2.45) is 0 Å². The van der Waals surface area contributed by atoms with Gasteiger partial charge in [-0.05, 0) is 54.4 Å². The van der Waals surface area contributed by atoms with Gasteiger partial charge in [-0.2, -0.15) is 4.84 Å². The average molecular weight is 481 g/mol. The van der Waals surface area contributed by atoms with E-state index in [1.807, 2.05) is 18.2 Å². The van der Waals surface area contributed by atoms with Crippen molar-refractivity contribution in [1.82, 2.24) is 0 Å². The number of benzene rings is 2. The van der Waals surface area contributed by atoms with Crippen molar-refractivity contribution < 1.29 is 34.5 Å². The largest absolute Gasteiger partial charge is 0.475 e. The lowest BCUT2D eigenvalue weighted by atomic mass is 10.2. The molecule has 1 unspecified atom stereocenters. The molecule has 8 nitrogen and oxygen atoms in total. The van der Waals surface area contributed by atoms with Gasteiger partial charge in [0.25, 0.3) is 0 Å². The van der Waals surface area contributed by atoms with E-state index in [1.54, 1.807) is 34.6 Å². The highest BCUT2D eigenvalue weighted by atomic mass is 32.9. The summed E-state index contributed by atoms with van der Waals surface area (Å²) >= 11 is 5.15. The highest BCUT2D eigenvalue weighted by Crippen LogP contribution is 2.31. The fourth-order valence-electron chi connectivity index (χ4n) is 2.57. The van der Waals surface area contributed by atoms with Crippen LogP contribution >= 0.6 is 32.9 Å². The zero-order valence-corrected chi connectivity index (χ0v) is 18.5. The third-order valence-electron chi connectivity index (χ3n) is 3.98. The Balaban J connectivity index is 1.61. The van der Waals surface area contributed by atoms with Crippen LogP contribution in [0.5, 0.6) is 11.5 Å². The van der Waals surface area contributed by atoms with Crippen molar-refractivity contribution in [3.8, 4) is 21.9 Å². The van der Waals surface area contributed by atoms with Gasteiger partial charge >= 0.3 is 11.1 Å². The molecule has 11 heteroatoms. The van der Waals surface area contributed by atoms with Crippen LogP contribution in [0.4, 0.5) is 0 Å². The van der Waals surface area contributed by atoms with Crippen molar-refractivity contribution >= 4 is 38.9 Å². The number of hydrogen-bond donors (Lipinski definition) is 2. The molecule has 0 saturated heterocycles. The van der Waals surface area contributed by atoms with E-state index in [9.17, 15) is 14.8 Å². The molecule has 1 heterocycles. The Morgan fingerprint density at radius 3 is 2.55 bits per heavy atom. The Labute approximate surface area is 189 Å². The number of carbonyl (C=O) groups is 1.